The van der Waals surface area contributed by atoms with Gasteiger partial charge in [0.1, 0.15) is 0 Å². The number of rotatable bonds is 3. The highest BCUT2D eigenvalue weighted by atomic mass is 16.5. The van der Waals surface area contributed by atoms with Crippen LogP contribution in [0.2, 0.25) is 0 Å². The molecular formula is C28H21N7O. The molecule has 3 N–H and O–H groups in total. The third-order valence-electron chi connectivity index (χ3n) is 7.17. The maximum Gasteiger partial charge on any atom is 0.177 e. The minimum atomic E-state index is 0.333. The quantitative estimate of drug-likeness (QED) is 0.321. The monoisotopic (exact) mass is 471 g/mol. The average Bonchev–Trinajstić information content (AvgIpc) is 3.55. The summed E-state index contributed by atoms with van der Waals surface area (Å²) in [5.41, 5.74) is 7.39. The highest BCUT2D eigenvalue weighted by Gasteiger charge is 2.34. The molecule has 36 heavy (non-hydrogen) atoms. The largest absolute Gasteiger partial charge is 0.451 e. The molecule has 0 unspecified atom stereocenters. The summed E-state index contributed by atoms with van der Waals surface area (Å²) >= 11 is 0. The number of H-pyrrole nitrogens is 2. The van der Waals surface area contributed by atoms with E-state index in [0.29, 0.717) is 6.04 Å². The molecule has 8 rings (SSSR count). The Morgan fingerprint density at radius 2 is 1.33 bits per heavy atom. The fourth-order valence-corrected chi connectivity index (χ4v) is 5.13. The molecule has 5 heterocycles. The first-order chi connectivity index (χ1) is 17.8. The van der Waals surface area contributed by atoms with Crippen molar-refractivity contribution in [3.8, 4) is 33.8 Å². The van der Waals surface area contributed by atoms with Crippen LogP contribution in [-0.2, 0) is 0 Å². The van der Waals surface area contributed by atoms with Crippen LogP contribution in [0.15, 0.2) is 79.3 Å². The van der Waals surface area contributed by atoms with Crippen molar-refractivity contribution in [2.75, 3.05) is 18.0 Å². The number of aromatic nitrogens is 5. The predicted molar refractivity (Wildman–Crippen MR) is 140 cm³/mol. The van der Waals surface area contributed by atoms with Gasteiger partial charge < -0.3 is 15.0 Å². The molecule has 1 fully saturated rings. The van der Waals surface area contributed by atoms with Crippen LogP contribution in [0.1, 0.15) is 0 Å². The van der Waals surface area contributed by atoms with Gasteiger partial charge in [0.15, 0.2) is 17.3 Å². The Morgan fingerprint density at radius 3 is 2.03 bits per heavy atom. The highest BCUT2D eigenvalue weighted by Crippen LogP contribution is 2.49. The van der Waals surface area contributed by atoms with Crippen molar-refractivity contribution in [1.29, 1.82) is 0 Å². The number of benzene rings is 3. The number of hydrogen-bond donors (Lipinski definition) is 3. The maximum atomic E-state index is 6.53. The van der Waals surface area contributed by atoms with Crippen LogP contribution in [-0.4, -0.2) is 44.5 Å². The van der Waals surface area contributed by atoms with Crippen molar-refractivity contribution in [3.05, 3.63) is 79.3 Å². The van der Waals surface area contributed by atoms with Gasteiger partial charge in [0.05, 0.1) is 35.2 Å². The molecule has 174 valence electrons. The summed E-state index contributed by atoms with van der Waals surface area (Å²) in [6.07, 6.45) is 5.62. The van der Waals surface area contributed by atoms with Crippen LogP contribution >= 0.6 is 0 Å². The third-order valence-corrected chi connectivity index (χ3v) is 7.17. The first-order valence-corrected chi connectivity index (χ1v) is 12.0. The van der Waals surface area contributed by atoms with E-state index in [-0.39, 0.29) is 0 Å². The van der Waals surface area contributed by atoms with E-state index >= 15 is 0 Å². The van der Waals surface area contributed by atoms with Gasteiger partial charge >= 0.3 is 0 Å². The first-order valence-electron chi connectivity index (χ1n) is 12.0. The summed E-state index contributed by atoms with van der Waals surface area (Å²) in [7, 11) is 0. The molecule has 0 saturated carbocycles. The topological polar surface area (TPSA) is 94.8 Å². The molecule has 1 saturated heterocycles. The fraction of sp³-hybridized carbons (Fsp3) is 0.107. The summed E-state index contributed by atoms with van der Waals surface area (Å²) in [6.45, 7) is 1.83. The minimum absolute atomic E-state index is 0.333. The molecule has 2 aliphatic heterocycles. The van der Waals surface area contributed by atoms with Gasteiger partial charge in [-0.1, -0.05) is 18.2 Å². The smallest absolute Gasteiger partial charge is 0.177 e. The molecule has 0 atom stereocenters. The van der Waals surface area contributed by atoms with Crippen molar-refractivity contribution in [2.24, 2.45) is 0 Å². The number of hydrogen-bond acceptors (Lipinski definition) is 6. The number of aromatic amines is 2. The number of ether oxygens (including phenoxy) is 1. The van der Waals surface area contributed by atoms with Crippen molar-refractivity contribution in [3.63, 3.8) is 0 Å². The number of pyridine rings is 1. The highest BCUT2D eigenvalue weighted by molar-refractivity contribution is 5.87. The van der Waals surface area contributed by atoms with Gasteiger partial charge in [-0.05, 0) is 59.2 Å². The first kappa shape index (κ1) is 19.6. The van der Waals surface area contributed by atoms with Crippen molar-refractivity contribution in [1.82, 2.24) is 30.7 Å². The Kier molecular flexibility index (Phi) is 4.03. The van der Waals surface area contributed by atoms with Crippen LogP contribution in [0, 0.1) is 0 Å². The summed E-state index contributed by atoms with van der Waals surface area (Å²) in [5.74, 6) is 2.46. The molecule has 3 aromatic carbocycles. The minimum Gasteiger partial charge on any atom is -0.451 e. The molecule has 3 aromatic heterocycles. The number of anilines is 2. The Morgan fingerprint density at radius 1 is 0.694 bits per heavy atom. The zero-order chi connectivity index (χ0) is 23.6. The van der Waals surface area contributed by atoms with Gasteiger partial charge in [0.2, 0.25) is 0 Å². The molecule has 0 bridgehead atoms. The lowest BCUT2D eigenvalue weighted by Crippen LogP contribution is -2.56. The normalized spacial score (nSPS) is 14.9. The van der Waals surface area contributed by atoms with Crippen LogP contribution in [0.25, 0.3) is 44.1 Å². The van der Waals surface area contributed by atoms with Crippen LogP contribution < -0.4 is 15.0 Å². The van der Waals surface area contributed by atoms with Gasteiger partial charge in [-0.15, -0.1) is 0 Å². The summed E-state index contributed by atoms with van der Waals surface area (Å²) in [5, 5.41) is 19.9. The van der Waals surface area contributed by atoms with Gasteiger partial charge in [-0.25, -0.2) is 4.98 Å². The van der Waals surface area contributed by atoms with Crippen molar-refractivity contribution < 1.29 is 4.74 Å². The molecule has 0 radical (unpaired) electrons. The van der Waals surface area contributed by atoms with E-state index in [1.807, 2.05) is 24.7 Å². The SMILES string of the molecule is c1cc2c(cc1-c1ccc3[nH]ncc3c1)Oc1cc(-c3ccc4[nH]ncc4c3)cnc1N2C1CNC1. The van der Waals surface area contributed by atoms with E-state index in [9.17, 15) is 0 Å². The Bertz CT molecular complexity index is 1660. The van der Waals surface area contributed by atoms with Crippen LogP contribution in [0.5, 0.6) is 11.5 Å². The zero-order valence-corrected chi connectivity index (χ0v) is 19.2. The number of nitrogens with one attached hydrogen (secondary N) is 3. The lowest BCUT2D eigenvalue weighted by molar-refractivity contribution is 0.411. The molecule has 2 aliphatic rings. The molecule has 6 aromatic rings. The Balaban J connectivity index is 1.23. The maximum absolute atomic E-state index is 6.53. The second-order valence-electron chi connectivity index (χ2n) is 9.36. The van der Waals surface area contributed by atoms with E-state index < -0.39 is 0 Å². The number of nitrogens with zero attached hydrogens (tertiary/aromatic N) is 4. The summed E-state index contributed by atoms with van der Waals surface area (Å²) in [4.78, 5) is 7.21. The second-order valence-corrected chi connectivity index (χ2v) is 9.36. The standard InChI is InChI=1S/C28H21N7O/c1-4-23-20(12-31-33-23)7-16(1)18-3-6-25-26(9-18)36-27-10-19(11-30-28(27)35(25)22-14-29-15-22)17-2-5-24-21(8-17)13-32-34-24/h1-13,22,29H,14-15H2,(H,31,33)(H,32,34). The Labute approximate surface area is 205 Å². The third kappa shape index (κ3) is 2.95. The molecular weight excluding hydrogens is 450 g/mol. The lowest BCUT2D eigenvalue weighted by Gasteiger charge is -2.42. The van der Waals surface area contributed by atoms with E-state index in [1.54, 1.807) is 0 Å². The molecule has 0 amide bonds. The fourth-order valence-electron chi connectivity index (χ4n) is 5.13. The molecule has 0 aliphatic carbocycles. The van der Waals surface area contributed by atoms with Gasteiger partial charge in [-0.3, -0.25) is 10.2 Å². The molecule has 0 spiro atoms. The Hall–Kier alpha value is -4.69. The van der Waals surface area contributed by atoms with Crippen LogP contribution in [0.3, 0.4) is 0 Å². The lowest BCUT2D eigenvalue weighted by atomic mass is 10.0. The zero-order valence-electron chi connectivity index (χ0n) is 19.2. The van der Waals surface area contributed by atoms with E-state index in [1.165, 1.54) is 0 Å². The van der Waals surface area contributed by atoms with Gasteiger partial charge in [0.25, 0.3) is 0 Å². The number of fused-ring (bicyclic) bond motifs is 4. The molecule has 8 heteroatoms. The summed E-state index contributed by atoms with van der Waals surface area (Å²) in [6, 6.07) is 21.4. The van der Waals surface area contributed by atoms with Crippen molar-refractivity contribution >= 4 is 33.3 Å². The average molecular weight is 472 g/mol. The molecule has 8 nitrogen and oxygen atoms in total. The predicted octanol–water partition coefficient (Wildman–Crippen LogP) is 5.38. The van der Waals surface area contributed by atoms with Crippen molar-refractivity contribution in [2.45, 2.75) is 6.04 Å². The van der Waals surface area contributed by atoms with Gasteiger partial charge in [-0.2, -0.15) is 10.2 Å². The summed E-state index contributed by atoms with van der Waals surface area (Å²) < 4.78 is 6.53. The van der Waals surface area contributed by atoms with E-state index in [0.717, 1.165) is 80.2 Å². The second kappa shape index (κ2) is 7.40. The van der Waals surface area contributed by atoms with Gasteiger partial charge in [0, 0.05) is 35.6 Å². The van der Waals surface area contributed by atoms with E-state index in [2.05, 4.69) is 85.2 Å². The van der Waals surface area contributed by atoms with E-state index in [4.69, 9.17) is 9.72 Å². The van der Waals surface area contributed by atoms with Crippen LogP contribution in [0.4, 0.5) is 11.5 Å².